The Bertz CT molecular complexity index is 2210. The molecule has 0 unspecified atom stereocenters. The van der Waals surface area contributed by atoms with Gasteiger partial charge >= 0.3 is 0 Å². The van der Waals surface area contributed by atoms with Gasteiger partial charge in [-0.05, 0) is 99.4 Å². The third-order valence-electron chi connectivity index (χ3n) is 8.65. The molecule has 0 spiro atoms. The van der Waals surface area contributed by atoms with Crippen LogP contribution in [0.25, 0.3) is 50.0 Å². The van der Waals surface area contributed by atoms with Crippen LogP contribution in [0.5, 0.6) is 0 Å². The Hall–Kier alpha value is -6.12. The van der Waals surface area contributed by atoms with Gasteiger partial charge in [0.05, 0.1) is 5.52 Å². The van der Waals surface area contributed by atoms with Crippen LogP contribution in [-0.4, -0.2) is 4.57 Å². The first kappa shape index (κ1) is 27.4. The predicted molar refractivity (Wildman–Crippen MR) is 194 cm³/mol. The fraction of sp³-hybridized carbons (Fsp3) is 0. The van der Waals surface area contributed by atoms with E-state index in [9.17, 15) is 0 Å². The summed E-state index contributed by atoms with van der Waals surface area (Å²) < 4.78 is 2.26. The van der Waals surface area contributed by atoms with Crippen LogP contribution in [0.1, 0.15) is 0 Å². The fourth-order valence-corrected chi connectivity index (χ4v) is 6.26. The van der Waals surface area contributed by atoms with Gasteiger partial charge in [-0.15, -0.1) is 0 Å². The molecular weight excluding hydrogens is 556 g/mol. The van der Waals surface area contributed by atoms with E-state index in [4.69, 9.17) is 0 Å². The number of nitrogens with zero attached hydrogens (tertiary/aromatic N) is 2. The first-order chi connectivity index (χ1) is 22.8. The van der Waals surface area contributed by atoms with E-state index in [1.165, 1.54) is 44.3 Å². The van der Waals surface area contributed by atoms with Crippen molar-refractivity contribution in [1.29, 1.82) is 0 Å². The normalized spacial score (nSPS) is 11.0. The molecule has 0 aliphatic carbocycles. The first-order valence-corrected chi connectivity index (χ1v) is 15.7. The van der Waals surface area contributed by atoms with E-state index in [2.05, 4.69) is 204 Å². The summed E-state index contributed by atoms with van der Waals surface area (Å²) in [7, 11) is 0. The summed E-state index contributed by atoms with van der Waals surface area (Å²) >= 11 is 0. The second-order valence-electron chi connectivity index (χ2n) is 11.5. The summed E-state index contributed by atoms with van der Waals surface area (Å²) in [6.07, 6.45) is 2.15. The Morgan fingerprint density at radius 2 is 0.783 bits per heavy atom. The largest absolute Gasteiger partial charge is 0.317 e. The molecule has 46 heavy (non-hydrogen) atoms. The molecule has 218 valence electrons. The minimum atomic E-state index is 1.12. The van der Waals surface area contributed by atoms with Crippen molar-refractivity contribution in [2.45, 2.75) is 0 Å². The molecule has 2 nitrogen and oxygen atoms in total. The van der Waals surface area contributed by atoms with Crippen LogP contribution in [0.2, 0.25) is 0 Å². The lowest BCUT2D eigenvalue weighted by atomic mass is 9.99. The second-order valence-corrected chi connectivity index (χ2v) is 11.5. The number of aromatic nitrogens is 1. The van der Waals surface area contributed by atoms with Crippen molar-refractivity contribution in [3.8, 4) is 39.1 Å². The average Bonchev–Trinajstić information content (AvgIpc) is 3.58. The first-order valence-electron chi connectivity index (χ1n) is 15.7. The number of hydrogen-bond acceptors (Lipinski definition) is 1. The maximum atomic E-state index is 2.31. The number of para-hydroxylation sites is 2. The van der Waals surface area contributed by atoms with Gasteiger partial charge in [-0.1, -0.05) is 127 Å². The quantitative estimate of drug-likeness (QED) is 0.180. The lowest BCUT2D eigenvalue weighted by Crippen LogP contribution is -2.09. The molecule has 0 saturated heterocycles. The highest BCUT2D eigenvalue weighted by Gasteiger charge is 2.13. The third-order valence-corrected chi connectivity index (χ3v) is 8.65. The molecule has 0 bridgehead atoms. The van der Waals surface area contributed by atoms with Crippen LogP contribution in [0.4, 0.5) is 17.1 Å². The molecular formula is C44H32N2. The lowest BCUT2D eigenvalue weighted by molar-refractivity contribution is 1.13. The monoisotopic (exact) mass is 588 g/mol. The standard InChI is InChI=1S/C44H32N2/c1-3-10-33(11-4-1)35-22-26-41(27-23-35)46(40-14-5-2-6-15-40)42-28-24-36(25-29-42)34-18-20-37(21-19-34)39-13-9-16-43(32-39)45-31-30-38-12-7-8-17-44(38)45/h1-32H. The highest BCUT2D eigenvalue weighted by atomic mass is 15.1. The van der Waals surface area contributed by atoms with E-state index >= 15 is 0 Å². The Morgan fingerprint density at radius 3 is 1.41 bits per heavy atom. The molecule has 8 aromatic rings. The SMILES string of the molecule is c1ccc(-c2ccc(N(c3ccccc3)c3ccc(-c4ccc(-c5cccc(-n6ccc7ccccc76)c5)cc4)cc3)cc2)cc1. The van der Waals surface area contributed by atoms with Gasteiger partial charge in [0.1, 0.15) is 0 Å². The van der Waals surface area contributed by atoms with Crippen LogP contribution in [0.15, 0.2) is 194 Å². The van der Waals surface area contributed by atoms with Gasteiger partial charge in [0, 0.05) is 28.9 Å². The lowest BCUT2D eigenvalue weighted by Gasteiger charge is -2.26. The number of benzene rings is 7. The van der Waals surface area contributed by atoms with Gasteiger partial charge in [-0.2, -0.15) is 0 Å². The van der Waals surface area contributed by atoms with Gasteiger partial charge in [0.2, 0.25) is 0 Å². The average molecular weight is 589 g/mol. The van der Waals surface area contributed by atoms with Crippen molar-refractivity contribution in [1.82, 2.24) is 4.57 Å². The van der Waals surface area contributed by atoms with Gasteiger partial charge in [-0.3, -0.25) is 0 Å². The van der Waals surface area contributed by atoms with Gasteiger partial charge in [0.25, 0.3) is 0 Å². The molecule has 8 rings (SSSR count). The molecule has 0 N–H and O–H groups in total. The summed E-state index contributed by atoms with van der Waals surface area (Å²) in [6.45, 7) is 0. The summed E-state index contributed by atoms with van der Waals surface area (Å²) in [5.41, 5.74) is 13.0. The topological polar surface area (TPSA) is 8.17 Å². The van der Waals surface area contributed by atoms with Gasteiger partial charge in [0.15, 0.2) is 0 Å². The van der Waals surface area contributed by atoms with E-state index < -0.39 is 0 Å². The predicted octanol–water partition coefficient (Wildman–Crippen LogP) is 12.1. The number of hydrogen-bond donors (Lipinski definition) is 0. The number of anilines is 3. The molecule has 1 aromatic heterocycles. The highest BCUT2D eigenvalue weighted by molar-refractivity contribution is 5.83. The van der Waals surface area contributed by atoms with Crippen LogP contribution < -0.4 is 4.90 Å². The van der Waals surface area contributed by atoms with Crippen LogP contribution in [0.3, 0.4) is 0 Å². The molecule has 7 aromatic carbocycles. The minimum absolute atomic E-state index is 1.12. The summed E-state index contributed by atoms with van der Waals surface area (Å²) in [6, 6.07) is 67.1. The van der Waals surface area contributed by atoms with Crippen molar-refractivity contribution in [3.05, 3.63) is 194 Å². The molecule has 0 aliphatic heterocycles. The molecule has 2 heteroatoms. The van der Waals surface area contributed by atoms with E-state index in [0.29, 0.717) is 0 Å². The smallest absolute Gasteiger partial charge is 0.0528 e. The molecule has 0 fully saturated rings. The number of rotatable bonds is 7. The third kappa shape index (κ3) is 5.38. The van der Waals surface area contributed by atoms with Crippen LogP contribution in [-0.2, 0) is 0 Å². The molecule has 0 amide bonds. The Balaban J connectivity index is 1.06. The molecule has 0 radical (unpaired) electrons. The van der Waals surface area contributed by atoms with Gasteiger partial charge < -0.3 is 9.47 Å². The zero-order valence-electron chi connectivity index (χ0n) is 25.4. The summed E-state index contributed by atoms with van der Waals surface area (Å²) in [5.74, 6) is 0. The van der Waals surface area contributed by atoms with Crippen LogP contribution >= 0.6 is 0 Å². The Morgan fingerprint density at radius 1 is 0.326 bits per heavy atom. The van der Waals surface area contributed by atoms with E-state index in [1.54, 1.807) is 0 Å². The van der Waals surface area contributed by atoms with Crippen molar-refractivity contribution in [3.63, 3.8) is 0 Å². The van der Waals surface area contributed by atoms with Gasteiger partial charge in [-0.25, -0.2) is 0 Å². The van der Waals surface area contributed by atoms with Crippen molar-refractivity contribution in [2.75, 3.05) is 4.90 Å². The zero-order chi connectivity index (χ0) is 30.7. The van der Waals surface area contributed by atoms with Crippen molar-refractivity contribution < 1.29 is 0 Å². The van der Waals surface area contributed by atoms with Crippen molar-refractivity contribution in [2.24, 2.45) is 0 Å². The molecule has 0 aliphatic rings. The molecule has 1 heterocycles. The van der Waals surface area contributed by atoms with Crippen LogP contribution in [0, 0.1) is 0 Å². The minimum Gasteiger partial charge on any atom is -0.317 e. The zero-order valence-corrected chi connectivity index (χ0v) is 25.4. The second kappa shape index (κ2) is 12.1. The Kier molecular flexibility index (Phi) is 7.22. The molecule has 0 saturated carbocycles. The van der Waals surface area contributed by atoms with Crippen molar-refractivity contribution >= 4 is 28.0 Å². The maximum Gasteiger partial charge on any atom is 0.0528 e. The maximum absolute atomic E-state index is 2.31. The van der Waals surface area contributed by atoms with E-state index in [1.807, 2.05) is 0 Å². The summed E-state index contributed by atoms with van der Waals surface area (Å²) in [4.78, 5) is 2.31. The fourth-order valence-electron chi connectivity index (χ4n) is 6.26. The highest BCUT2D eigenvalue weighted by Crippen LogP contribution is 2.37. The Labute approximate surface area is 270 Å². The molecule has 0 atom stereocenters. The number of fused-ring (bicyclic) bond motifs is 1. The van der Waals surface area contributed by atoms with E-state index in [0.717, 1.165) is 22.7 Å². The van der Waals surface area contributed by atoms with E-state index in [-0.39, 0.29) is 0 Å². The summed E-state index contributed by atoms with van der Waals surface area (Å²) in [5, 5.41) is 1.25.